The third kappa shape index (κ3) is 2.46. The molecular weight excluding hydrogens is 304 g/mol. The number of hydrazine groups is 1. The van der Waals surface area contributed by atoms with Crippen molar-refractivity contribution in [3.05, 3.63) is 0 Å². The predicted octanol–water partition coefficient (Wildman–Crippen LogP) is -0.619. The molecule has 3 heterocycles. The van der Waals surface area contributed by atoms with Crippen molar-refractivity contribution in [2.45, 2.75) is 31.7 Å². The Morgan fingerprint density at radius 3 is 2.13 bits per heavy atom. The van der Waals surface area contributed by atoms with Crippen LogP contribution >= 0.6 is 0 Å². The lowest BCUT2D eigenvalue weighted by molar-refractivity contribution is -0.155. The molecule has 1 aliphatic carbocycles. The Balaban J connectivity index is 1.36. The van der Waals surface area contributed by atoms with Crippen molar-refractivity contribution in [2.24, 2.45) is 23.7 Å². The number of fused-ring (bicyclic) bond motifs is 2. The molecule has 0 aromatic carbocycles. The third-order valence-corrected chi connectivity index (χ3v) is 5.44. The van der Waals surface area contributed by atoms with Gasteiger partial charge in [-0.25, -0.2) is 5.01 Å². The molecule has 3 saturated heterocycles. The second kappa shape index (κ2) is 5.38. The standard InChI is InChI=1S/C15H18N2O6/c18-12-8-2-1-7(5-10(8)14(20)22-12)16-17-4-3-9-11(6-17)15(21)23-13(9)19/h7-11,16H,1-6H2. The first-order chi connectivity index (χ1) is 11.0. The van der Waals surface area contributed by atoms with E-state index in [0.717, 1.165) is 6.42 Å². The van der Waals surface area contributed by atoms with Crippen LogP contribution in [-0.2, 0) is 28.7 Å². The number of esters is 4. The van der Waals surface area contributed by atoms with Gasteiger partial charge in [0.05, 0.1) is 23.7 Å². The summed E-state index contributed by atoms with van der Waals surface area (Å²) in [5, 5.41) is 1.94. The van der Waals surface area contributed by atoms with Gasteiger partial charge in [0.2, 0.25) is 0 Å². The van der Waals surface area contributed by atoms with Gasteiger partial charge in [-0.3, -0.25) is 24.6 Å². The molecule has 0 amide bonds. The molecule has 4 fully saturated rings. The predicted molar refractivity (Wildman–Crippen MR) is 73.1 cm³/mol. The fraction of sp³-hybridized carbons (Fsp3) is 0.733. The highest BCUT2D eigenvalue weighted by Crippen LogP contribution is 2.37. The Labute approximate surface area is 132 Å². The van der Waals surface area contributed by atoms with Crippen molar-refractivity contribution in [3.8, 4) is 0 Å². The first-order valence-electron chi connectivity index (χ1n) is 8.05. The third-order valence-electron chi connectivity index (χ3n) is 5.44. The number of piperidine rings is 1. The molecule has 1 N–H and O–H groups in total. The average molecular weight is 322 g/mol. The monoisotopic (exact) mass is 322 g/mol. The van der Waals surface area contributed by atoms with Crippen molar-refractivity contribution in [1.82, 2.24) is 10.4 Å². The zero-order valence-corrected chi connectivity index (χ0v) is 12.5. The maximum absolute atomic E-state index is 11.7. The van der Waals surface area contributed by atoms with Crippen LogP contribution < -0.4 is 5.43 Å². The van der Waals surface area contributed by atoms with Crippen molar-refractivity contribution >= 4 is 23.9 Å². The highest BCUT2D eigenvalue weighted by Gasteiger charge is 2.49. The van der Waals surface area contributed by atoms with Crippen LogP contribution in [0.1, 0.15) is 25.7 Å². The molecule has 23 heavy (non-hydrogen) atoms. The Bertz CT molecular complexity index is 541. The van der Waals surface area contributed by atoms with E-state index in [1.165, 1.54) is 0 Å². The summed E-state index contributed by atoms with van der Waals surface area (Å²) >= 11 is 0. The largest absolute Gasteiger partial charge is 0.393 e. The smallest absolute Gasteiger partial charge is 0.318 e. The first kappa shape index (κ1) is 14.8. The molecule has 0 radical (unpaired) electrons. The van der Waals surface area contributed by atoms with E-state index in [1.54, 1.807) is 0 Å². The van der Waals surface area contributed by atoms with Crippen molar-refractivity contribution in [3.63, 3.8) is 0 Å². The summed E-state index contributed by atoms with van der Waals surface area (Å²) in [5.74, 6) is -3.05. The molecule has 5 unspecified atom stereocenters. The normalized spacial score (nSPS) is 40.6. The van der Waals surface area contributed by atoms with Crippen LogP contribution in [0.3, 0.4) is 0 Å². The second-order valence-electron chi connectivity index (χ2n) is 6.78. The maximum atomic E-state index is 11.7. The maximum Gasteiger partial charge on any atom is 0.318 e. The number of hydrogen-bond acceptors (Lipinski definition) is 8. The van der Waals surface area contributed by atoms with Gasteiger partial charge in [-0.1, -0.05) is 0 Å². The Hall–Kier alpha value is -1.80. The van der Waals surface area contributed by atoms with Gasteiger partial charge >= 0.3 is 23.9 Å². The number of carbonyl (C=O) groups is 4. The summed E-state index contributed by atoms with van der Waals surface area (Å²) in [7, 11) is 0. The number of nitrogens with zero attached hydrogens (tertiary/aromatic N) is 1. The molecule has 0 spiro atoms. The lowest BCUT2D eigenvalue weighted by atomic mass is 9.78. The van der Waals surface area contributed by atoms with Crippen LogP contribution in [0.25, 0.3) is 0 Å². The van der Waals surface area contributed by atoms with E-state index in [0.29, 0.717) is 32.4 Å². The summed E-state index contributed by atoms with van der Waals surface area (Å²) in [6.07, 6.45) is 2.55. The summed E-state index contributed by atoms with van der Waals surface area (Å²) in [6, 6.07) is 0.0689. The zero-order chi connectivity index (χ0) is 16.1. The molecular formula is C15H18N2O6. The molecule has 1 saturated carbocycles. The minimum absolute atomic E-state index is 0.0689. The molecule has 0 bridgehead atoms. The van der Waals surface area contributed by atoms with Crippen molar-refractivity contribution in [1.29, 1.82) is 0 Å². The highest BCUT2D eigenvalue weighted by atomic mass is 16.6. The molecule has 4 aliphatic rings. The van der Waals surface area contributed by atoms with Crippen LogP contribution in [-0.4, -0.2) is 48.0 Å². The molecule has 8 nitrogen and oxygen atoms in total. The highest BCUT2D eigenvalue weighted by molar-refractivity contribution is 5.97. The molecule has 0 aromatic heterocycles. The van der Waals surface area contributed by atoms with Crippen LogP contribution in [0.15, 0.2) is 0 Å². The first-order valence-corrected chi connectivity index (χ1v) is 8.05. The van der Waals surface area contributed by atoms with E-state index < -0.39 is 29.8 Å². The number of nitrogens with one attached hydrogen (secondary N) is 1. The number of carbonyl (C=O) groups excluding carboxylic acids is 4. The van der Waals surface area contributed by atoms with Crippen molar-refractivity contribution in [2.75, 3.05) is 13.1 Å². The Kier molecular flexibility index (Phi) is 3.46. The molecule has 4 rings (SSSR count). The fourth-order valence-corrected chi connectivity index (χ4v) is 4.18. The van der Waals surface area contributed by atoms with E-state index in [2.05, 4.69) is 5.43 Å². The minimum atomic E-state index is -0.444. The number of hydrogen-bond donors (Lipinski definition) is 1. The molecule has 8 heteroatoms. The molecule has 3 aliphatic heterocycles. The average Bonchev–Trinajstić information content (AvgIpc) is 2.96. The number of rotatable bonds is 2. The van der Waals surface area contributed by atoms with Gasteiger partial charge in [0.1, 0.15) is 0 Å². The lowest BCUT2D eigenvalue weighted by Gasteiger charge is -2.37. The van der Waals surface area contributed by atoms with Gasteiger partial charge in [-0.15, -0.1) is 0 Å². The van der Waals surface area contributed by atoms with Crippen LogP contribution in [0, 0.1) is 23.7 Å². The lowest BCUT2D eigenvalue weighted by Crippen LogP contribution is -2.53. The molecule has 0 aromatic rings. The van der Waals surface area contributed by atoms with E-state index in [1.807, 2.05) is 5.01 Å². The van der Waals surface area contributed by atoms with Gasteiger partial charge in [0, 0.05) is 19.1 Å². The van der Waals surface area contributed by atoms with E-state index in [4.69, 9.17) is 9.47 Å². The fourth-order valence-electron chi connectivity index (χ4n) is 4.18. The van der Waals surface area contributed by atoms with Gasteiger partial charge in [-0.05, 0) is 25.7 Å². The molecule has 5 atom stereocenters. The van der Waals surface area contributed by atoms with Gasteiger partial charge in [0.25, 0.3) is 0 Å². The Morgan fingerprint density at radius 1 is 0.783 bits per heavy atom. The van der Waals surface area contributed by atoms with E-state index in [9.17, 15) is 19.2 Å². The second-order valence-corrected chi connectivity index (χ2v) is 6.78. The zero-order valence-electron chi connectivity index (χ0n) is 12.5. The quantitative estimate of drug-likeness (QED) is 0.530. The van der Waals surface area contributed by atoms with Gasteiger partial charge < -0.3 is 9.47 Å². The van der Waals surface area contributed by atoms with Crippen LogP contribution in [0.2, 0.25) is 0 Å². The minimum Gasteiger partial charge on any atom is -0.393 e. The summed E-state index contributed by atoms with van der Waals surface area (Å²) in [6.45, 7) is 1.08. The van der Waals surface area contributed by atoms with Crippen molar-refractivity contribution < 1.29 is 28.7 Å². The summed E-state index contributed by atoms with van der Waals surface area (Å²) < 4.78 is 9.41. The van der Waals surface area contributed by atoms with Crippen LogP contribution in [0.5, 0.6) is 0 Å². The van der Waals surface area contributed by atoms with Gasteiger partial charge in [-0.2, -0.15) is 0 Å². The van der Waals surface area contributed by atoms with E-state index in [-0.39, 0.29) is 23.8 Å². The Morgan fingerprint density at radius 2 is 1.39 bits per heavy atom. The SMILES string of the molecule is O=C1OC(=O)C2CC(NN3CCC4C(=O)OC(=O)C4C3)CCC12. The van der Waals surface area contributed by atoms with Crippen LogP contribution in [0.4, 0.5) is 0 Å². The number of ether oxygens (including phenoxy) is 2. The molecule has 124 valence electrons. The number of cyclic esters (lactones) is 4. The van der Waals surface area contributed by atoms with E-state index >= 15 is 0 Å². The van der Waals surface area contributed by atoms with Gasteiger partial charge in [0.15, 0.2) is 0 Å². The summed E-state index contributed by atoms with van der Waals surface area (Å²) in [5.41, 5.74) is 3.35. The topological polar surface area (TPSA) is 102 Å². The summed E-state index contributed by atoms with van der Waals surface area (Å²) in [4.78, 5) is 46.5.